The SMILES string of the molecule is CC1(C)[C@@H]2CC[C@]1(C)[C@@H](OC/C=C/c1ccccc1)C2. The molecular formula is C19H26O. The van der Waals surface area contributed by atoms with E-state index in [4.69, 9.17) is 4.74 Å². The van der Waals surface area contributed by atoms with Crippen molar-refractivity contribution in [2.24, 2.45) is 16.7 Å². The van der Waals surface area contributed by atoms with Crippen molar-refractivity contribution in [3.8, 4) is 0 Å². The van der Waals surface area contributed by atoms with E-state index >= 15 is 0 Å². The molecule has 0 saturated heterocycles. The predicted molar refractivity (Wildman–Crippen MR) is 84.4 cm³/mol. The molecule has 0 aliphatic heterocycles. The van der Waals surface area contributed by atoms with E-state index in [2.05, 4.69) is 57.2 Å². The van der Waals surface area contributed by atoms with Gasteiger partial charge in [-0.2, -0.15) is 0 Å². The van der Waals surface area contributed by atoms with Gasteiger partial charge in [-0.05, 0) is 41.6 Å². The van der Waals surface area contributed by atoms with Gasteiger partial charge in [0.2, 0.25) is 0 Å². The molecule has 3 atom stereocenters. The molecule has 2 aliphatic rings. The minimum atomic E-state index is 0.373. The highest BCUT2D eigenvalue weighted by molar-refractivity contribution is 5.48. The summed E-state index contributed by atoms with van der Waals surface area (Å²) < 4.78 is 6.21. The van der Waals surface area contributed by atoms with Gasteiger partial charge in [-0.25, -0.2) is 0 Å². The van der Waals surface area contributed by atoms with Crippen LogP contribution in [-0.2, 0) is 4.74 Å². The van der Waals surface area contributed by atoms with Crippen molar-refractivity contribution in [2.75, 3.05) is 6.61 Å². The third-order valence-electron chi connectivity index (χ3n) is 6.22. The number of benzene rings is 1. The lowest BCUT2D eigenvalue weighted by atomic mass is 9.70. The Kier molecular flexibility index (Phi) is 3.50. The van der Waals surface area contributed by atoms with Crippen LogP contribution in [0.5, 0.6) is 0 Å². The summed E-state index contributed by atoms with van der Waals surface area (Å²) in [5.41, 5.74) is 2.06. The zero-order valence-electron chi connectivity index (χ0n) is 12.9. The Balaban J connectivity index is 1.57. The number of hydrogen-bond acceptors (Lipinski definition) is 1. The molecule has 0 amide bonds. The van der Waals surface area contributed by atoms with E-state index in [1.54, 1.807) is 0 Å². The summed E-state index contributed by atoms with van der Waals surface area (Å²) in [7, 11) is 0. The average Bonchev–Trinajstić information content (AvgIpc) is 2.78. The van der Waals surface area contributed by atoms with Crippen LogP contribution in [0.25, 0.3) is 6.08 Å². The Bertz CT molecular complexity index is 488. The van der Waals surface area contributed by atoms with Crippen LogP contribution in [0.3, 0.4) is 0 Å². The van der Waals surface area contributed by atoms with Crippen LogP contribution in [0.2, 0.25) is 0 Å². The van der Waals surface area contributed by atoms with Crippen molar-refractivity contribution in [1.82, 2.24) is 0 Å². The highest BCUT2D eigenvalue weighted by Crippen LogP contribution is 2.66. The fraction of sp³-hybridized carbons (Fsp3) is 0.579. The van der Waals surface area contributed by atoms with E-state index in [9.17, 15) is 0 Å². The maximum atomic E-state index is 6.21. The lowest BCUT2D eigenvalue weighted by Crippen LogP contribution is -2.37. The number of rotatable bonds is 4. The molecule has 0 N–H and O–H groups in total. The topological polar surface area (TPSA) is 9.23 Å². The van der Waals surface area contributed by atoms with Crippen molar-refractivity contribution < 1.29 is 4.74 Å². The average molecular weight is 270 g/mol. The standard InChI is InChI=1S/C19H26O/c1-18(2)16-11-12-19(18,3)17(14-16)20-13-7-10-15-8-5-4-6-9-15/h4-10,16-17H,11-14H2,1-3H3/b10-7+/t16-,17+,19-/m1/s1. The summed E-state index contributed by atoms with van der Waals surface area (Å²) in [5.74, 6) is 0.857. The maximum absolute atomic E-state index is 6.21. The van der Waals surface area contributed by atoms with Gasteiger partial charge >= 0.3 is 0 Å². The van der Waals surface area contributed by atoms with Crippen LogP contribution < -0.4 is 0 Å². The van der Waals surface area contributed by atoms with Gasteiger partial charge in [-0.3, -0.25) is 0 Å². The Hall–Kier alpha value is -1.08. The first-order chi connectivity index (χ1) is 9.54. The van der Waals surface area contributed by atoms with Gasteiger partial charge in [0.15, 0.2) is 0 Å². The van der Waals surface area contributed by atoms with Crippen LogP contribution in [0.15, 0.2) is 36.4 Å². The summed E-state index contributed by atoms with van der Waals surface area (Å²) in [4.78, 5) is 0. The van der Waals surface area contributed by atoms with Gasteiger partial charge in [0.25, 0.3) is 0 Å². The van der Waals surface area contributed by atoms with E-state index in [1.807, 2.05) is 6.07 Å². The Morgan fingerprint density at radius 1 is 1.20 bits per heavy atom. The van der Waals surface area contributed by atoms with E-state index in [-0.39, 0.29) is 0 Å². The summed E-state index contributed by atoms with van der Waals surface area (Å²) in [6.45, 7) is 8.05. The monoisotopic (exact) mass is 270 g/mol. The molecule has 2 fully saturated rings. The van der Waals surface area contributed by atoms with E-state index in [0.717, 1.165) is 12.5 Å². The largest absolute Gasteiger partial charge is 0.374 e. The molecule has 1 aromatic carbocycles. The van der Waals surface area contributed by atoms with E-state index in [1.165, 1.54) is 24.8 Å². The lowest BCUT2D eigenvalue weighted by molar-refractivity contribution is -0.0350. The van der Waals surface area contributed by atoms with Gasteiger partial charge in [0.1, 0.15) is 0 Å². The zero-order chi connectivity index (χ0) is 14.2. The minimum Gasteiger partial charge on any atom is -0.374 e. The summed E-state index contributed by atoms with van der Waals surface area (Å²) in [6.07, 6.45) is 8.72. The highest BCUT2D eigenvalue weighted by Gasteiger charge is 2.61. The molecule has 1 aromatic rings. The summed E-state index contributed by atoms with van der Waals surface area (Å²) in [6, 6.07) is 10.4. The van der Waals surface area contributed by atoms with Crippen LogP contribution in [-0.4, -0.2) is 12.7 Å². The van der Waals surface area contributed by atoms with Crippen LogP contribution in [0.4, 0.5) is 0 Å². The Morgan fingerprint density at radius 2 is 1.95 bits per heavy atom. The second-order valence-electron chi connectivity index (χ2n) is 7.25. The number of ether oxygens (including phenoxy) is 1. The van der Waals surface area contributed by atoms with Gasteiger partial charge in [0, 0.05) is 0 Å². The molecule has 0 heterocycles. The molecule has 0 spiro atoms. The first-order valence-corrected chi connectivity index (χ1v) is 7.87. The molecule has 0 aromatic heterocycles. The van der Waals surface area contributed by atoms with E-state index in [0.29, 0.717) is 16.9 Å². The molecule has 2 bridgehead atoms. The third kappa shape index (κ3) is 2.13. The van der Waals surface area contributed by atoms with Gasteiger partial charge in [-0.15, -0.1) is 0 Å². The van der Waals surface area contributed by atoms with Crippen molar-refractivity contribution in [3.63, 3.8) is 0 Å². The van der Waals surface area contributed by atoms with Crippen LogP contribution in [0.1, 0.15) is 45.6 Å². The van der Waals surface area contributed by atoms with Crippen LogP contribution in [0, 0.1) is 16.7 Å². The molecule has 0 radical (unpaired) electrons. The lowest BCUT2D eigenvalue weighted by Gasteiger charge is -2.38. The van der Waals surface area contributed by atoms with Crippen LogP contribution >= 0.6 is 0 Å². The molecule has 0 unspecified atom stereocenters. The second-order valence-corrected chi connectivity index (χ2v) is 7.25. The normalized spacial score (nSPS) is 35.0. The fourth-order valence-corrected chi connectivity index (χ4v) is 4.30. The van der Waals surface area contributed by atoms with Gasteiger partial charge in [0.05, 0.1) is 12.7 Å². The molecule has 1 heteroatoms. The van der Waals surface area contributed by atoms with Crippen molar-refractivity contribution in [1.29, 1.82) is 0 Å². The zero-order valence-corrected chi connectivity index (χ0v) is 12.9. The highest BCUT2D eigenvalue weighted by atomic mass is 16.5. The van der Waals surface area contributed by atoms with Crippen molar-refractivity contribution in [3.05, 3.63) is 42.0 Å². The quantitative estimate of drug-likeness (QED) is 0.753. The molecule has 20 heavy (non-hydrogen) atoms. The first-order valence-electron chi connectivity index (χ1n) is 7.87. The molecular weight excluding hydrogens is 244 g/mol. The van der Waals surface area contributed by atoms with Gasteiger partial charge < -0.3 is 4.74 Å². The van der Waals surface area contributed by atoms with Gasteiger partial charge in [-0.1, -0.05) is 63.3 Å². The van der Waals surface area contributed by atoms with Crippen molar-refractivity contribution >= 4 is 6.08 Å². The number of fused-ring (bicyclic) bond motifs is 2. The fourth-order valence-electron chi connectivity index (χ4n) is 4.30. The molecule has 108 valence electrons. The smallest absolute Gasteiger partial charge is 0.0654 e. The second kappa shape index (κ2) is 5.04. The predicted octanol–water partition coefficient (Wildman–Crippen LogP) is 4.93. The first kappa shape index (κ1) is 13.9. The Morgan fingerprint density at radius 3 is 2.55 bits per heavy atom. The van der Waals surface area contributed by atoms with Crippen molar-refractivity contribution in [2.45, 2.75) is 46.1 Å². The molecule has 1 nitrogen and oxygen atoms in total. The number of hydrogen-bond donors (Lipinski definition) is 0. The summed E-state index contributed by atoms with van der Waals surface area (Å²) >= 11 is 0. The Labute approximate surface area is 123 Å². The molecule has 2 aliphatic carbocycles. The molecule has 3 rings (SSSR count). The minimum absolute atomic E-state index is 0.373. The maximum Gasteiger partial charge on any atom is 0.0654 e. The van der Waals surface area contributed by atoms with E-state index < -0.39 is 0 Å². The third-order valence-corrected chi connectivity index (χ3v) is 6.22. The summed E-state index contributed by atoms with van der Waals surface area (Å²) in [5, 5.41) is 0. The molecule has 2 saturated carbocycles.